The zero-order valence-corrected chi connectivity index (χ0v) is 16.5. The van der Waals surface area contributed by atoms with Crippen molar-refractivity contribution in [2.75, 3.05) is 25.0 Å². The number of fused-ring (bicyclic) bond motifs is 1. The maximum atomic E-state index is 12.6. The predicted molar refractivity (Wildman–Crippen MR) is 106 cm³/mol. The van der Waals surface area contributed by atoms with Crippen LogP contribution in [0.3, 0.4) is 0 Å². The first-order valence-corrected chi connectivity index (χ1v) is 9.86. The van der Waals surface area contributed by atoms with E-state index in [4.69, 9.17) is 4.74 Å². The molecule has 0 radical (unpaired) electrons. The molecule has 9 heteroatoms. The van der Waals surface area contributed by atoms with Crippen molar-refractivity contribution in [3.8, 4) is 0 Å². The number of likely N-dealkylation sites (N-methyl/N-ethyl adjacent to an activating group) is 1. The highest BCUT2D eigenvalue weighted by atomic mass is 32.1. The second-order valence-electron chi connectivity index (χ2n) is 6.31. The molecule has 28 heavy (non-hydrogen) atoms. The third-order valence-electron chi connectivity index (χ3n) is 4.63. The number of rotatable bonds is 6. The standard InChI is InChI=1S/C19H21N3O5S/c1-3-21-10-9-14-15(11-21)28-18(16(14)19(24)27-4-2)20-17(23)12-5-7-13(8-6-12)22(25)26/h5-8H,3-4,9-11H2,1-2H3,(H,20,23). The van der Waals surface area contributed by atoms with Crippen LogP contribution >= 0.6 is 11.3 Å². The molecule has 0 aliphatic carbocycles. The van der Waals surface area contributed by atoms with Crippen molar-refractivity contribution < 1.29 is 19.2 Å². The molecule has 0 atom stereocenters. The van der Waals surface area contributed by atoms with E-state index in [0.717, 1.165) is 36.5 Å². The number of thiophene rings is 1. The van der Waals surface area contributed by atoms with Crippen LogP contribution < -0.4 is 5.32 Å². The van der Waals surface area contributed by atoms with Gasteiger partial charge in [-0.1, -0.05) is 6.92 Å². The van der Waals surface area contributed by atoms with Crippen molar-refractivity contribution in [3.05, 3.63) is 55.9 Å². The van der Waals surface area contributed by atoms with Gasteiger partial charge in [-0.05, 0) is 37.6 Å². The summed E-state index contributed by atoms with van der Waals surface area (Å²) in [6.07, 6.45) is 0.723. The van der Waals surface area contributed by atoms with Gasteiger partial charge < -0.3 is 10.1 Å². The number of non-ortho nitro benzene ring substituents is 1. The van der Waals surface area contributed by atoms with Crippen LogP contribution in [0.2, 0.25) is 0 Å². The van der Waals surface area contributed by atoms with E-state index in [9.17, 15) is 19.7 Å². The van der Waals surface area contributed by atoms with Gasteiger partial charge in [-0.25, -0.2) is 4.79 Å². The topological polar surface area (TPSA) is 102 Å². The third kappa shape index (κ3) is 4.05. The Morgan fingerprint density at radius 2 is 2.00 bits per heavy atom. The first-order chi connectivity index (χ1) is 13.4. The number of benzene rings is 1. The van der Waals surface area contributed by atoms with E-state index in [1.807, 2.05) is 0 Å². The minimum Gasteiger partial charge on any atom is -0.462 e. The van der Waals surface area contributed by atoms with E-state index >= 15 is 0 Å². The van der Waals surface area contributed by atoms with Crippen molar-refractivity contribution in [3.63, 3.8) is 0 Å². The molecule has 148 valence electrons. The largest absolute Gasteiger partial charge is 0.462 e. The molecule has 0 saturated heterocycles. The Morgan fingerprint density at radius 1 is 1.29 bits per heavy atom. The fourth-order valence-corrected chi connectivity index (χ4v) is 4.42. The van der Waals surface area contributed by atoms with Crippen molar-refractivity contribution in [1.82, 2.24) is 4.90 Å². The number of anilines is 1. The molecule has 3 rings (SSSR count). The molecule has 8 nitrogen and oxygen atoms in total. The molecule has 1 aromatic heterocycles. The van der Waals surface area contributed by atoms with E-state index in [1.165, 1.54) is 35.6 Å². The lowest BCUT2D eigenvalue weighted by Gasteiger charge is -2.25. The Balaban J connectivity index is 1.90. The molecule has 0 bridgehead atoms. The number of hydrogen-bond donors (Lipinski definition) is 1. The highest BCUT2D eigenvalue weighted by molar-refractivity contribution is 7.17. The molecule has 0 fully saturated rings. The Hall–Kier alpha value is -2.78. The minimum absolute atomic E-state index is 0.0880. The number of nitro benzene ring substituents is 1. The van der Waals surface area contributed by atoms with Crippen molar-refractivity contribution >= 4 is 33.9 Å². The van der Waals surface area contributed by atoms with E-state index in [0.29, 0.717) is 10.6 Å². The quantitative estimate of drug-likeness (QED) is 0.450. The molecule has 2 aromatic rings. The van der Waals surface area contributed by atoms with Gasteiger partial charge in [0.2, 0.25) is 0 Å². The van der Waals surface area contributed by atoms with Gasteiger partial charge in [0.25, 0.3) is 11.6 Å². The van der Waals surface area contributed by atoms with Crippen LogP contribution in [0, 0.1) is 10.1 Å². The summed E-state index contributed by atoms with van der Waals surface area (Å²) in [7, 11) is 0. The van der Waals surface area contributed by atoms with Gasteiger partial charge in [-0.2, -0.15) is 0 Å². The highest BCUT2D eigenvalue weighted by Crippen LogP contribution is 2.38. The van der Waals surface area contributed by atoms with Crippen molar-refractivity contribution in [2.45, 2.75) is 26.8 Å². The molecule has 1 aliphatic rings. The summed E-state index contributed by atoms with van der Waals surface area (Å²) in [6.45, 7) is 6.57. The predicted octanol–water partition coefficient (Wildman–Crippen LogP) is 3.46. The van der Waals surface area contributed by atoms with E-state index in [1.54, 1.807) is 6.92 Å². The zero-order valence-electron chi connectivity index (χ0n) is 15.7. The maximum Gasteiger partial charge on any atom is 0.341 e. The lowest BCUT2D eigenvalue weighted by molar-refractivity contribution is -0.384. The molecule has 0 spiro atoms. The zero-order chi connectivity index (χ0) is 20.3. The van der Waals surface area contributed by atoms with Crippen LogP contribution in [-0.2, 0) is 17.7 Å². The van der Waals surface area contributed by atoms with Gasteiger partial charge >= 0.3 is 5.97 Å². The third-order valence-corrected chi connectivity index (χ3v) is 5.76. The Bertz CT molecular complexity index is 907. The number of ether oxygens (including phenoxy) is 1. The number of nitrogens with zero attached hydrogens (tertiary/aromatic N) is 2. The number of carbonyl (C=O) groups is 2. The highest BCUT2D eigenvalue weighted by Gasteiger charge is 2.29. The summed E-state index contributed by atoms with van der Waals surface area (Å²) in [5.74, 6) is -0.865. The first-order valence-electron chi connectivity index (χ1n) is 9.04. The Kier molecular flexibility index (Phi) is 6.05. The summed E-state index contributed by atoms with van der Waals surface area (Å²) < 4.78 is 5.20. The van der Waals surface area contributed by atoms with Gasteiger partial charge in [-0.3, -0.25) is 19.8 Å². The fourth-order valence-electron chi connectivity index (χ4n) is 3.14. The van der Waals surface area contributed by atoms with Crippen LogP contribution in [0.5, 0.6) is 0 Å². The summed E-state index contributed by atoms with van der Waals surface area (Å²) in [5.41, 5.74) is 1.55. The number of amides is 1. The van der Waals surface area contributed by atoms with Gasteiger partial charge in [0.1, 0.15) is 5.00 Å². The number of nitrogens with one attached hydrogen (secondary N) is 1. The second kappa shape index (κ2) is 8.49. The SMILES string of the molecule is CCOC(=O)c1c(NC(=O)c2ccc([N+](=O)[O-])cc2)sc2c1CCN(CC)C2. The molecular weight excluding hydrogens is 382 g/mol. The van der Waals surface area contributed by atoms with Crippen LogP contribution in [0.25, 0.3) is 0 Å². The number of hydrogen-bond acceptors (Lipinski definition) is 7. The maximum absolute atomic E-state index is 12.6. The van der Waals surface area contributed by atoms with Crippen LogP contribution in [-0.4, -0.2) is 41.4 Å². The lowest BCUT2D eigenvalue weighted by atomic mass is 10.0. The second-order valence-corrected chi connectivity index (χ2v) is 7.41. The summed E-state index contributed by atoms with van der Waals surface area (Å²) in [5, 5.41) is 14.0. The average molecular weight is 403 g/mol. The number of esters is 1. The van der Waals surface area contributed by atoms with Crippen LogP contribution in [0.15, 0.2) is 24.3 Å². The lowest BCUT2D eigenvalue weighted by Crippen LogP contribution is -2.30. The molecule has 0 saturated carbocycles. The Labute approximate surface area is 166 Å². The Morgan fingerprint density at radius 3 is 2.61 bits per heavy atom. The summed E-state index contributed by atoms with van der Waals surface area (Å²) in [6, 6.07) is 5.34. The summed E-state index contributed by atoms with van der Waals surface area (Å²) in [4.78, 5) is 38.7. The minimum atomic E-state index is -0.520. The molecule has 1 aromatic carbocycles. The van der Waals surface area contributed by atoms with E-state index in [2.05, 4.69) is 17.1 Å². The molecular formula is C19H21N3O5S. The normalized spacial score (nSPS) is 13.6. The number of carbonyl (C=O) groups excluding carboxylic acids is 2. The van der Waals surface area contributed by atoms with Crippen molar-refractivity contribution in [2.24, 2.45) is 0 Å². The van der Waals surface area contributed by atoms with Gasteiger partial charge in [0, 0.05) is 35.7 Å². The van der Waals surface area contributed by atoms with Crippen molar-refractivity contribution in [1.29, 1.82) is 0 Å². The average Bonchev–Trinajstić information content (AvgIpc) is 3.04. The van der Waals surface area contributed by atoms with E-state index in [-0.39, 0.29) is 17.9 Å². The molecule has 1 N–H and O–H groups in total. The fraction of sp³-hybridized carbons (Fsp3) is 0.368. The molecule has 0 unspecified atom stereocenters. The summed E-state index contributed by atoms with van der Waals surface area (Å²) >= 11 is 1.38. The van der Waals surface area contributed by atoms with Gasteiger partial charge in [0.15, 0.2) is 0 Å². The molecule has 2 heterocycles. The van der Waals surface area contributed by atoms with E-state index < -0.39 is 16.8 Å². The van der Waals surface area contributed by atoms with Crippen LogP contribution in [0.4, 0.5) is 10.7 Å². The molecule has 1 amide bonds. The van der Waals surface area contributed by atoms with Gasteiger partial charge in [0.05, 0.1) is 17.1 Å². The van der Waals surface area contributed by atoms with Gasteiger partial charge in [-0.15, -0.1) is 11.3 Å². The van der Waals surface area contributed by atoms with Crippen LogP contribution in [0.1, 0.15) is 45.0 Å². The number of nitro groups is 1. The molecule has 1 aliphatic heterocycles. The monoisotopic (exact) mass is 403 g/mol. The first kappa shape index (κ1) is 20.0. The smallest absolute Gasteiger partial charge is 0.341 e.